The van der Waals surface area contributed by atoms with E-state index in [0.29, 0.717) is 0 Å². The van der Waals surface area contributed by atoms with Gasteiger partial charge in [-0.3, -0.25) is 0 Å². The number of thiophene rings is 1. The normalized spacial score (nSPS) is 11.9. The van der Waals surface area contributed by atoms with Crippen LogP contribution >= 0.6 is 11.3 Å². The molecule has 0 unspecified atom stereocenters. The summed E-state index contributed by atoms with van der Waals surface area (Å²) in [5, 5.41) is 7.32. The van der Waals surface area contributed by atoms with Crippen molar-refractivity contribution in [1.29, 1.82) is 0 Å². The predicted molar refractivity (Wildman–Crippen MR) is 215 cm³/mol. The molecule has 0 N–H and O–H groups in total. The molecule has 7 aromatic carbocycles. The van der Waals surface area contributed by atoms with Gasteiger partial charge in [0.25, 0.3) is 0 Å². The number of benzene rings is 7. The van der Waals surface area contributed by atoms with Crippen molar-refractivity contribution in [3.63, 3.8) is 0 Å². The number of rotatable bonds is 4. The summed E-state index contributed by atoms with van der Waals surface area (Å²) in [6.45, 7) is 0. The zero-order chi connectivity index (χ0) is 33.5. The van der Waals surface area contributed by atoms with Gasteiger partial charge in [0.15, 0.2) is 0 Å². The monoisotopic (exact) mass is 668 g/mol. The molecule has 4 heteroatoms. The molecule has 0 fully saturated rings. The van der Waals surface area contributed by atoms with Crippen molar-refractivity contribution in [1.82, 2.24) is 9.55 Å². The van der Waals surface area contributed by atoms with Crippen LogP contribution in [0.4, 0.5) is 0 Å². The van der Waals surface area contributed by atoms with Crippen molar-refractivity contribution in [3.05, 3.63) is 170 Å². The quantitative estimate of drug-likeness (QED) is 0.187. The van der Waals surface area contributed by atoms with Gasteiger partial charge in [0.2, 0.25) is 0 Å². The second kappa shape index (κ2) is 11.0. The fourth-order valence-corrected chi connectivity index (χ4v) is 9.35. The van der Waals surface area contributed by atoms with E-state index in [4.69, 9.17) is 9.40 Å². The molecule has 0 atom stereocenters. The Hall–Kier alpha value is -6.49. The van der Waals surface area contributed by atoms with E-state index in [1.54, 1.807) is 0 Å². The van der Waals surface area contributed by atoms with E-state index in [-0.39, 0.29) is 0 Å². The van der Waals surface area contributed by atoms with Gasteiger partial charge in [-0.1, -0.05) is 121 Å². The van der Waals surface area contributed by atoms with E-state index in [0.717, 1.165) is 50.0 Å². The minimum atomic E-state index is 0.868. The van der Waals surface area contributed by atoms with Crippen LogP contribution < -0.4 is 0 Å². The molecule has 11 rings (SSSR count). The second-order valence-corrected chi connectivity index (χ2v) is 14.1. The molecule has 0 saturated heterocycles. The Morgan fingerprint density at radius 1 is 0.431 bits per heavy atom. The van der Waals surface area contributed by atoms with Gasteiger partial charge in [-0.05, 0) is 59.7 Å². The van der Waals surface area contributed by atoms with E-state index in [1.807, 2.05) is 29.5 Å². The Morgan fingerprint density at radius 3 is 1.98 bits per heavy atom. The fourth-order valence-electron chi connectivity index (χ4n) is 7.96. The summed E-state index contributed by atoms with van der Waals surface area (Å²) >= 11 is 1.90. The van der Waals surface area contributed by atoms with Gasteiger partial charge in [-0.15, -0.1) is 11.3 Å². The first kappa shape index (κ1) is 28.4. The third-order valence-corrected chi connectivity index (χ3v) is 11.5. The third-order valence-electron chi connectivity index (χ3n) is 10.2. The SMILES string of the molecule is c1ccc(-c2cc(-c3cccc4c3sc3c4ccc4c3c3ccccc3n4-c3ccccc3)cc(-c3cccc4oc5ccccc5c34)n2)cc1. The summed E-state index contributed by atoms with van der Waals surface area (Å²) in [7, 11) is 0. The van der Waals surface area contributed by atoms with Crippen LogP contribution in [0.5, 0.6) is 0 Å². The lowest BCUT2D eigenvalue weighted by atomic mass is 9.97. The fraction of sp³-hybridized carbons (Fsp3) is 0. The lowest BCUT2D eigenvalue weighted by Crippen LogP contribution is -1.92. The zero-order valence-corrected chi connectivity index (χ0v) is 28.2. The maximum absolute atomic E-state index is 6.30. The first-order valence-electron chi connectivity index (χ1n) is 17.2. The first-order chi connectivity index (χ1) is 25.3. The van der Waals surface area contributed by atoms with Crippen LogP contribution in [0.1, 0.15) is 0 Å². The highest BCUT2D eigenvalue weighted by molar-refractivity contribution is 7.27. The molecular weight excluding hydrogens is 641 g/mol. The first-order valence-corrected chi connectivity index (χ1v) is 18.0. The highest BCUT2D eigenvalue weighted by atomic mass is 32.1. The van der Waals surface area contributed by atoms with E-state index in [9.17, 15) is 0 Å². The van der Waals surface area contributed by atoms with Crippen LogP contribution in [-0.2, 0) is 0 Å². The van der Waals surface area contributed by atoms with E-state index < -0.39 is 0 Å². The summed E-state index contributed by atoms with van der Waals surface area (Å²) in [5.41, 5.74) is 11.7. The van der Waals surface area contributed by atoms with Gasteiger partial charge in [0.05, 0.1) is 22.4 Å². The lowest BCUT2D eigenvalue weighted by Gasteiger charge is -2.12. The van der Waals surface area contributed by atoms with Gasteiger partial charge in [-0.2, -0.15) is 0 Å². The summed E-state index contributed by atoms with van der Waals surface area (Å²) < 4.78 is 11.3. The van der Waals surface area contributed by atoms with E-state index >= 15 is 0 Å². The third kappa shape index (κ3) is 4.27. The van der Waals surface area contributed by atoms with Crippen LogP contribution in [0, 0.1) is 0 Å². The van der Waals surface area contributed by atoms with Crippen molar-refractivity contribution in [3.8, 4) is 39.3 Å². The second-order valence-electron chi connectivity index (χ2n) is 13.1. The van der Waals surface area contributed by atoms with Gasteiger partial charge in [0.1, 0.15) is 11.2 Å². The van der Waals surface area contributed by atoms with Crippen molar-refractivity contribution >= 4 is 75.3 Å². The maximum atomic E-state index is 6.30. The van der Waals surface area contributed by atoms with E-state index in [2.05, 4.69) is 156 Å². The van der Waals surface area contributed by atoms with Gasteiger partial charge >= 0.3 is 0 Å². The number of aromatic nitrogens is 2. The number of fused-ring (bicyclic) bond motifs is 10. The van der Waals surface area contributed by atoms with Crippen LogP contribution in [0.3, 0.4) is 0 Å². The average Bonchev–Trinajstić information content (AvgIpc) is 3.88. The molecule has 0 saturated carbocycles. The standard InChI is InChI=1S/C47H28N2OS/c1-3-13-29(14-4-1)38-27-30(28-39(48-38)35-21-12-24-43-44(35)37-18-8-10-23-42(37)50-43)32-19-11-20-33-34-25-26-41-45(47(34)51-46(32)33)36-17-7-9-22-40(36)49(41)31-15-5-2-6-16-31/h1-28H. The van der Waals surface area contributed by atoms with Crippen LogP contribution in [0.25, 0.3) is 103 Å². The topological polar surface area (TPSA) is 31.0 Å². The minimum Gasteiger partial charge on any atom is -0.456 e. The van der Waals surface area contributed by atoms with Crippen LogP contribution in [-0.4, -0.2) is 9.55 Å². The predicted octanol–water partition coefficient (Wildman–Crippen LogP) is 13.4. The summed E-state index contributed by atoms with van der Waals surface area (Å²) in [5.74, 6) is 0. The average molecular weight is 669 g/mol. The largest absolute Gasteiger partial charge is 0.456 e. The molecule has 0 aliphatic heterocycles. The Kier molecular flexibility index (Phi) is 6.12. The van der Waals surface area contributed by atoms with Crippen molar-refractivity contribution in [2.24, 2.45) is 0 Å². The van der Waals surface area contributed by atoms with Crippen molar-refractivity contribution in [2.45, 2.75) is 0 Å². The van der Waals surface area contributed by atoms with Gasteiger partial charge in [-0.25, -0.2) is 4.98 Å². The lowest BCUT2D eigenvalue weighted by molar-refractivity contribution is 0.669. The molecule has 238 valence electrons. The number of para-hydroxylation sites is 3. The Morgan fingerprint density at radius 2 is 1.10 bits per heavy atom. The highest BCUT2D eigenvalue weighted by Crippen LogP contribution is 2.47. The maximum Gasteiger partial charge on any atom is 0.136 e. The molecule has 0 amide bonds. The summed E-state index contributed by atoms with van der Waals surface area (Å²) in [6.07, 6.45) is 0. The molecular formula is C47H28N2OS. The van der Waals surface area contributed by atoms with Gasteiger partial charge < -0.3 is 8.98 Å². The molecule has 0 radical (unpaired) electrons. The van der Waals surface area contributed by atoms with Gasteiger partial charge in [0, 0.05) is 58.5 Å². The number of furan rings is 1. The molecule has 0 bridgehead atoms. The minimum absolute atomic E-state index is 0.868. The number of hydrogen-bond donors (Lipinski definition) is 0. The molecule has 51 heavy (non-hydrogen) atoms. The molecule has 0 aliphatic rings. The van der Waals surface area contributed by atoms with Crippen molar-refractivity contribution < 1.29 is 4.42 Å². The smallest absolute Gasteiger partial charge is 0.136 e. The molecule has 4 aromatic heterocycles. The summed E-state index contributed by atoms with van der Waals surface area (Å²) in [4.78, 5) is 5.32. The Bertz CT molecular complexity index is 3130. The van der Waals surface area contributed by atoms with Crippen LogP contribution in [0.15, 0.2) is 174 Å². The van der Waals surface area contributed by atoms with E-state index in [1.165, 1.54) is 53.2 Å². The molecule has 0 spiro atoms. The molecule has 4 heterocycles. The number of nitrogens with zero attached hydrogens (tertiary/aromatic N) is 2. The highest BCUT2D eigenvalue weighted by Gasteiger charge is 2.20. The molecule has 0 aliphatic carbocycles. The Labute approximate surface area is 297 Å². The Balaban J connectivity index is 1.20. The molecule has 11 aromatic rings. The molecule has 3 nitrogen and oxygen atoms in total. The zero-order valence-electron chi connectivity index (χ0n) is 27.4. The number of pyridine rings is 1. The number of hydrogen-bond acceptors (Lipinski definition) is 3. The van der Waals surface area contributed by atoms with Crippen LogP contribution in [0.2, 0.25) is 0 Å². The van der Waals surface area contributed by atoms with Crippen molar-refractivity contribution in [2.75, 3.05) is 0 Å². The summed E-state index contributed by atoms with van der Waals surface area (Å²) in [6, 6.07) is 60.4.